The molecule has 3 rings (SSSR count). The second-order valence-corrected chi connectivity index (χ2v) is 9.24. The minimum atomic E-state index is -3.92. The van der Waals surface area contributed by atoms with E-state index in [2.05, 4.69) is 5.32 Å². The molecule has 164 valence electrons. The van der Waals surface area contributed by atoms with Gasteiger partial charge in [-0.25, -0.2) is 12.8 Å². The fourth-order valence-corrected chi connectivity index (χ4v) is 4.81. The van der Waals surface area contributed by atoms with Crippen molar-refractivity contribution >= 4 is 15.7 Å². The minimum absolute atomic E-state index is 0.0275. The van der Waals surface area contributed by atoms with E-state index in [-0.39, 0.29) is 35.1 Å². The van der Waals surface area contributed by atoms with E-state index in [1.54, 1.807) is 19.2 Å². The third-order valence-electron chi connectivity index (χ3n) is 4.98. The maximum absolute atomic E-state index is 13.6. The SMILES string of the molecule is COc1ccc(CCC(=O)NCC(c2ccco2)S(=O)(=O)c2ccc(F)c(C)c2)cc1. The first-order chi connectivity index (χ1) is 14.8. The summed E-state index contributed by atoms with van der Waals surface area (Å²) in [6.45, 7) is 1.34. The average Bonchev–Trinajstić information content (AvgIpc) is 3.28. The Morgan fingerprint density at radius 1 is 1.16 bits per heavy atom. The lowest BCUT2D eigenvalue weighted by atomic mass is 10.1. The molecule has 0 bridgehead atoms. The van der Waals surface area contributed by atoms with Crippen molar-refractivity contribution in [2.45, 2.75) is 29.9 Å². The van der Waals surface area contributed by atoms with Crippen molar-refractivity contribution in [3.05, 3.63) is 83.6 Å². The Kier molecular flexibility index (Phi) is 7.12. The molecule has 1 unspecified atom stereocenters. The molecule has 0 fully saturated rings. The van der Waals surface area contributed by atoms with Crippen LogP contribution in [0.15, 0.2) is 70.2 Å². The molecule has 1 aromatic heterocycles. The highest BCUT2D eigenvalue weighted by Crippen LogP contribution is 2.30. The molecule has 1 amide bonds. The van der Waals surface area contributed by atoms with Gasteiger partial charge in [-0.3, -0.25) is 4.79 Å². The summed E-state index contributed by atoms with van der Waals surface area (Å²) in [6, 6.07) is 14.1. The van der Waals surface area contributed by atoms with Crippen LogP contribution >= 0.6 is 0 Å². The Bertz CT molecular complexity index is 1130. The minimum Gasteiger partial charge on any atom is -0.497 e. The topological polar surface area (TPSA) is 85.6 Å². The van der Waals surface area contributed by atoms with Gasteiger partial charge in [0.2, 0.25) is 5.91 Å². The second kappa shape index (κ2) is 9.78. The summed E-state index contributed by atoms with van der Waals surface area (Å²) in [5.74, 6) is 0.173. The summed E-state index contributed by atoms with van der Waals surface area (Å²) in [7, 11) is -2.34. The molecular formula is C23H24FNO5S. The summed E-state index contributed by atoms with van der Waals surface area (Å²) in [6.07, 6.45) is 2.08. The van der Waals surface area contributed by atoms with Gasteiger partial charge in [-0.15, -0.1) is 0 Å². The van der Waals surface area contributed by atoms with Crippen molar-refractivity contribution in [3.8, 4) is 5.75 Å². The molecule has 1 atom stereocenters. The molecule has 3 aromatic rings. The number of halogens is 1. The van der Waals surface area contributed by atoms with Crippen LogP contribution in [0.5, 0.6) is 5.75 Å². The number of carbonyl (C=O) groups excluding carboxylic acids is 1. The predicted molar refractivity (Wildman–Crippen MR) is 114 cm³/mol. The largest absolute Gasteiger partial charge is 0.497 e. The van der Waals surface area contributed by atoms with Crippen LogP contribution in [-0.2, 0) is 21.1 Å². The summed E-state index contributed by atoms with van der Waals surface area (Å²) < 4.78 is 50.4. The van der Waals surface area contributed by atoms with E-state index in [0.29, 0.717) is 6.42 Å². The van der Waals surface area contributed by atoms with E-state index in [0.717, 1.165) is 17.4 Å². The summed E-state index contributed by atoms with van der Waals surface area (Å²) in [4.78, 5) is 12.3. The number of hydrogen-bond donors (Lipinski definition) is 1. The van der Waals surface area contributed by atoms with Gasteiger partial charge in [0.1, 0.15) is 22.6 Å². The Labute approximate surface area is 181 Å². The number of furan rings is 1. The van der Waals surface area contributed by atoms with Gasteiger partial charge < -0.3 is 14.5 Å². The maximum Gasteiger partial charge on any atom is 0.220 e. The van der Waals surface area contributed by atoms with E-state index in [1.165, 1.54) is 25.3 Å². The number of ether oxygens (including phenoxy) is 1. The zero-order chi connectivity index (χ0) is 22.4. The quantitative estimate of drug-likeness (QED) is 0.503. The normalized spacial score (nSPS) is 12.4. The van der Waals surface area contributed by atoms with Crippen LogP contribution in [0.2, 0.25) is 0 Å². The molecule has 0 spiro atoms. The zero-order valence-electron chi connectivity index (χ0n) is 17.3. The Morgan fingerprint density at radius 2 is 1.90 bits per heavy atom. The van der Waals surface area contributed by atoms with Crippen molar-refractivity contribution in [2.75, 3.05) is 13.7 Å². The van der Waals surface area contributed by atoms with E-state index >= 15 is 0 Å². The third kappa shape index (κ3) is 5.52. The molecule has 0 aliphatic heterocycles. The second-order valence-electron chi connectivity index (χ2n) is 7.11. The fraction of sp³-hybridized carbons (Fsp3) is 0.261. The first-order valence-corrected chi connectivity index (χ1v) is 11.3. The van der Waals surface area contributed by atoms with Crippen LogP contribution in [0.4, 0.5) is 4.39 Å². The van der Waals surface area contributed by atoms with Gasteiger partial charge >= 0.3 is 0 Å². The summed E-state index contributed by atoms with van der Waals surface area (Å²) in [5.41, 5.74) is 1.19. The molecule has 1 N–H and O–H groups in total. The van der Waals surface area contributed by atoms with E-state index in [1.807, 2.05) is 24.3 Å². The molecular weight excluding hydrogens is 421 g/mol. The fourth-order valence-electron chi connectivity index (χ4n) is 3.14. The van der Waals surface area contributed by atoms with Crippen molar-refractivity contribution < 1.29 is 26.8 Å². The molecule has 0 saturated carbocycles. The number of benzene rings is 2. The molecule has 0 saturated heterocycles. The number of hydrogen-bond acceptors (Lipinski definition) is 5. The standard InChI is InChI=1S/C23H24FNO5S/c1-16-14-19(10-11-20(16)24)31(27,28)22(21-4-3-13-30-21)15-25-23(26)12-7-17-5-8-18(29-2)9-6-17/h3-6,8-11,13-14,22H,7,12,15H2,1-2H3,(H,25,26). The molecule has 0 aliphatic rings. The van der Waals surface area contributed by atoms with Crippen LogP contribution in [0.1, 0.15) is 28.6 Å². The third-order valence-corrected chi connectivity index (χ3v) is 7.04. The van der Waals surface area contributed by atoms with Crippen LogP contribution in [-0.4, -0.2) is 28.0 Å². The summed E-state index contributed by atoms with van der Waals surface area (Å²) in [5, 5.41) is 1.56. The lowest BCUT2D eigenvalue weighted by molar-refractivity contribution is -0.121. The van der Waals surface area contributed by atoms with Gasteiger partial charge in [-0.2, -0.15) is 0 Å². The van der Waals surface area contributed by atoms with Crippen molar-refractivity contribution in [2.24, 2.45) is 0 Å². The van der Waals surface area contributed by atoms with Gasteiger partial charge in [0.05, 0.1) is 18.3 Å². The first-order valence-electron chi connectivity index (χ1n) is 9.74. The molecule has 6 nitrogen and oxygen atoms in total. The van der Waals surface area contributed by atoms with Crippen molar-refractivity contribution in [1.29, 1.82) is 0 Å². The van der Waals surface area contributed by atoms with Gasteiger partial charge in [0.15, 0.2) is 9.84 Å². The lowest BCUT2D eigenvalue weighted by Crippen LogP contribution is -2.32. The number of aryl methyl sites for hydroxylation is 2. The molecule has 2 aromatic carbocycles. The van der Waals surface area contributed by atoms with Gasteiger partial charge in [-0.1, -0.05) is 12.1 Å². The number of amides is 1. The number of rotatable bonds is 9. The zero-order valence-corrected chi connectivity index (χ0v) is 18.1. The highest BCUT2D eigenvalue weighted by molar-refractivity contribution is 7.91. The predicted octanol–water partition coefficient (Wildman–Crippen LogP) is 4.00. The van der Waals surface area contributed by atoms with E-state index in [4.69, 9.17) is 9.15 Å². The molecule has 0 aliphatic carbocycles. The average molecular weight is 446 g/mol. The lowest BCUT2D eigenvalue weighted by Gasteiger charge is -2.17. The van der Waals surface area contributed by atoms with Crippen molar-refractivity contribution in [1.82, 2.24) is 5.32 Å². The monoisotopic (exact) mass is 445 g/mol. The number of sulfone groups is 1. The molecule has 8 heteroatoms. The maximum atomic E-state index is 13.6. The highest BCUT2D eigenvalue weighted by Gasteiger charge is 2.32. The number of methoxy groups -OCH3 is 1. The Morgan fingerprint density at radius 3 is 2.52 bits per heavy atom. The van der Waals surface area contributed by atoms with Crippen LogP contribution in [0.3, 0.4) is 0 Å². The smallest absolute Gasteiger partial charge is 0.220 e. The summed E-state index contributed by atoms with van der Waals surface area (Å²) >= 11 is 0. The van der Waals surface area contributed by atoms with Crippen molar-refractivity contribution in [3.63, 3.8) is 0 Å². The Balaban J connectivity index is 1.70. The van der Waals surface area contributed by atoms with Gasteiger partial charge in [-0.05, 0) is 66.9 Å². The first kappa shape index (κ1) is 22.6. The van der Waals surface area contributed by atoms with Crippen LogP contribution < -0.4 is 10.1 Å². The van der Waals surface area contributed by atoms with E-state index in [9.17, 15) is 17.6 Å². The van der Waals surface area contributed by atoms with Crippen LogP contribution in [0, 0.1) is 12.7 Å². The Hall–Kier alpha value is -3.13. The van der Waals surface area contributed by atoms with Gasteiger partial charge in [0, 0.05) is 13.0 Å². The number of nitrogens with one attached hydrogen (secondary N) is 1. The highest BCUT2D eigenvalue weighted by atomic mass is 32.2. The number of carbonyl (C=O) groups is 1. The molecule has 31 heavy (non-hydrogen) atoms. The van der Waals surface area contributed by atoms with Gasteiger partial charge in [0.25, 0.3) is 0 Å². The molecule has 1 heterocycles. The molecule has 0 radical (unpaired) electrons. The van der Waals surface area contributed by atoms with E-state index < -0.39 is 20.9 Å². The van der Waals surface area contributed by atoms with Crippen LogP contribution in [0.25, 0.3) is 0 Å².